The summed E-state index contributed by atoms with van der Waals surface area (Å²) in [5.74, 6) is 0. The molecule has 110 valence electrons. The van der Waals surface area contributed by atoms with E-state index in [4.69, 9.17) is 0 Å². The van der Waals surface area contributed by atoms with Crippen LogP contribution >= 0.6 is 11.3 Å². The van der Waals surface area contributed by atoms with Gasteiger partial charge in [0.2, 0.25) is 0 Å². The summed E-state index contributed by atoms with van der Waals surface area (Å²) in [7, 11) is 0. The number of hydrogen-bond acceptors (Lipinski definition) is 4. The van der Waals surface area contributed by atoms with E-state index in [0.717, 1.165) is 29.3 Å². The van der Waals surface area contributed by atoms with Gasteiger partial charge in [-0.3, -0.25) is 4.68 Å². The van der Waals surface area contributed by atoms with Crippen molar-refractivity contribution in [2.75, 3.05) is 0 Å². The van der Waals surface area contributed by atoms with E-state index in [0.29, 0.717) is 0 Å². The van der Waals surface area contributed by atoms with E-state index < -0.39 is 0 Å². The van der Waals surface area contributed by atoms with Crippen LogP contribution in [0, 0.1) is 0 Å². The smallest absolute Gasteiger partial charge is 0.115 e. The van der Waals surface area contributed by atoms with Crippen LogP contribution in [0.4, 0.5) is 0 Å². The summed E-state index contributed by atoms with van der Waals surface area (Å²) in [6.45, 7) is 7.99. The van der Waals surface area contributed by atoms with E-state index in [-0.39, 0.29) is 5.54 Å². The summed E-state index contributed by atoms with van der Waals surface area (Å²) >= 11 is 1.73. The molecule has 0 saturated heterocycles. The predicted molar refractivity (Wildman–Crippen MR) is 87.5 cm³/mol. The molecule has 0 aliphatic rings. The lowest BCUT2D eigenvalue weighted by molar-refractivity contribution is 0.419. The maximum atomic E-state index is 4.64. The van der Waals surface area contributed by atoms with Crippen LogP contribution in [0.15, 0.2) is 36.5 Å². The summed E-state index contributed by atoms with van der Waals surface area (Å²) in [5.41, 5.74) is 2.24. The summed E-state index contributed by atoms with van der Waals surface area (Å²) in [4.78, 5) is 4.64. The molecule has 3 rings (SSSR count). The number of hydrogen-bond donors (Lipinski definition) is 1. The number of rotatable bonds is 4. The lowest BCUT2D eigenvalue weighted by Gasteiger charge is -2.19. The Bertz CT molecular complexity index is 703. The molecule has 5 heteroatoms. The normalized spacial score (nSPS) is 12.1. The number of benzene rings is 1. The van der Waals surface area contributed by atoms with Crippen LogP contribution in [0.3, 0.4) is 0 Å². The van der Waals surface area contributed by atoms with Gasteiger partial charge in [0.1, 0.15) is 5.01 Å². The minimum absolute atomic E-state index is 0.108. The van der Waals surface area contributed by atoms with Crippen molar-refractivity contribution in [3.8, 4) is 0 Å². The van der Waals surface area contributed by atoms with E-state index in [2.05, 4.69) is 60.4 Å². The second-order valence-electron chi connectivity index (χ2n) is 6.18. The molecule has 2 aromatic heterocycles. The van der Waals surface area contributed by atoms with E-state index in [1.807, 2.05) is 16.9 Å². The highest BCUT2D eigenvalue weighted by atomic mass is 32.1. The van der Waals surface area contributed by atoms with E-state index in [1.54, 1.807) is 11.3 Å². The first-order chi connectivity index (χ1) is 9.99. The van der Waals surface area contributed by atoms with Gasteiger partial charge in [-0.2, -0.15) is 5.10 Å². The summed E-state index contributed by atoms with van der Waals surface area (Å²) in [5, 5.41) is 9.14. The summed E-state index contributed by atoms with van der Waals surface area (Å²) in [6, 6.07) is 10.3. The molecular formula is C16H20N4S. The molecule has 2 heterocycles. The van der Waals surface area contributed by atoms with Gasteiger partial charge in [-0.05, 0) is 39.0 Å². The summed E-state index contributed by atoms with van der Waals surface area (Å²) in [6.07, 6.45) is 2.02. The van der Waals surface area contributed by atoms with Gasteiger partial charge >= 0.3 is 0 Å². The zero-order chi connectivity index (χ0) is 14.9. The van der Waals surface area contributed by atoms with Crippen LogP contribution < -0.4 is 5.32 Å². The standard InChI is InChI=1S/C16H20N4S/c1-16(2,3)17-10-12-8-9-20(19-12)11-15-18-13-6-4-5-7-14(13)21-15/h4-9,17H,10-11H2,1-3H3. The lowest BCUT2D eigenvalue weighted by atomic mass is 10.1. The maximum Gasteiger partial charge on any atom is 0.115 e. The Morgan fingerprint density at radius 1 is 1.19 bits per heavy atom. The largest absolute Gasteiger partial charge is 0.306 e. The van der Waals surface area contributed by atoms with Crippen LogP contribution in [0.5, 0.6) is 0 Å². The average Bonchev–Trinajstić information content (AvgIpc) is 3.01. The molecule has 0 bridgehead atoms. The van der Waals surface area contributed by atoms with Crippen molar-refractivity contribution in [2.45, 2.75) is 39.4 Å². The third kappa shape index (κ3) is 3.68. The first kappa shape index (κ1) is 14.2. The molecule has 0 radical (unpaired) electrons. The summed E-state index contributed by atoms with van der Waals surface area (Å²) < 4.78 is 3.19. The van der Waals surface area contributed by atoms with Crippen LogP contribution in [0.25, 0.3) is 10.2 Å². The second kappa shape index (κ2) is 5.58. The van der Waals surface area contributed by atoms with Crippen molar-refractivity contribution in [3.05, 3.63) is 47.2 Å². The number of nitrogens with one attached hydrogen (secondary N) is 1. The van der Waals surface area contributed by atoms with E-state index in [1.165, 1.54) is 4.70 Å². The van der Waals surface area contributed by atoms with Crippen molar-refractivity contribution in [2.24, 2.45) is 0 Å². The molecule has 0 atom stereocenters. The Balaban J connectivity index is 1.69. The molecule has 1 aromatic carbocycles. The molecule has 0 amide bonds. The van der Waals surface area contributed by atoms with Gasteiger partial charge in [-0.1, -0.05) is 12.1 Å². The molecule has 21 heavy (non-hydrogen) atoms. The molecular weight excluding hydrogens is 280 g/mol. The first-order valence-corrected chi connectivity index (χ1v) is 7.93. The number of fused-ring (bicyclic) bond motifs is 1. The van der Waals surface area contributed by atoms with Crippen molar-refractivity contribution in [3.63, 3.8) is 0 Å². The number of thiazole rings is 1. The third-order valence-corrected chi connectivity index (χ3v) is 4.15. The fourth-order valence-electron chi connectivity index (χ4n) is 2.07. The second-order valence-corrected chi connectivity index (χ2v) is 7.30. The van der Waals surface area contributed by atoms with Gasteiger partial charge in [0, 0.05) is 18.3 Å². The van der Waals surface area contributed by atoms with Gasteiger partial charge < -0.3 is 5.32 Å². The Morgan fingerprint density at radius 3 is 2.76 bits per heavy atom. The molecule has 0 aliphatic heterocycles. The van der Waals surface area contributed by atoms with Gasteiger partial charge in [0.25, 0.3) is 0 Å². The topological polar surface area (TPSA) is 42.7 Å². The van der Waals surface area contributed by atoms with Gasteiger partial charge in [-0.15, -0.1) is 11.3 Å². The van der Waals surface area contributed by atoms with Gasteiger partial charge in [-0.25, -0.2) is 4.98 Å². The molecule has 4 nitrogen and oxygen atoms in total. The highest BCUT2D eigenvalue weighted by Gasteiger charge is 2.10. The molecule has 0 spiro atoms. The Labute approximate surface area is 128 Å². The monoisotopic (exact) mass is 300 g/mol. The molecule has 0 saturated carbocycles. The Hall–Kier alpha value is -1.72. The molecule has 0 unspecified atom stereocenters. The van der Waals surface area contributed by atoms with Crippen molar-refractivity contribution < 1.29 is 0 Å². The third-order valence-electron chi connectivity index (χ3n) is 3.13. The van der Waals surface area contributed by atoms with Crippen LogP contribution in [0.1, 0.15) is 31.5 Å². The fraction of sp³-hybridized carbons (Fsp3) is 0.375. The van der Waals surface area contributed by atoms with Gasteiger partial charge in [0.05, 0.1) is 22.5 Å². The Morgan fingerprint density at radius 2 is 2.00 bits per heavy atom. The maximum absolute atomic E-state index is 4.64. The molecule has 1 N–H and O–H groups in total. The lowest BCUT2D eigenvalue weighted by Crippen LogP contribution is -2.35. The first-order valence-electron chi connectivity index (χ1n) is 7.11. The highest BCUT2D eigenvalue weighted by molar-refractivity contribution is 7.18. The minimum Gasteiger partial charge on any atom is -0.306 e. The molecule has 0 fully saturated rings. The quantitative estimate of drug-likeness (QED) is 0.802. The van der Waals surface area contributed by atoms with Crippen molar-refractivity contribution >= 4 is 21.6 Å². The number of aromatic nitrogens is 3. The number of nitrogens with zero attached hydrogens (tertiary/aromatic N) is 3. The SMILES string of the molecule is CC(C)(C)NCc1ccn(Cc2nc3ccccc3s2)n1. The predicted octanol–water partition coefficient (Wildman–Crippen LogP) is 3.43. The average molecular weight is 300 g/mol. The van der Waals surface area contributed by atoms with Crippen molar-refractivity contribution in [1.29, 1.82) is 0 Å². The van der Waals surface area contributed by atoms with Crippen LogP contribution in [0.2, 0.25) is 0 Å². The van der Waals surface area contributed by atoms with E-state index >= 15 is 0 Å². The molecule has 3 aromatic rings. The van der Waals surface area contributed by atoms with E-state index in [9.17, 15) is 0 Å². The Kier molecular flexibility index (Phi) is 3.78. The van der Waals surface area contributed by atoms with Crippen LogP contribution in [-0.4, -0.2) is 20.3 Å². The number of para-hydroxylation sites is 1. The zero-order valence-electron chi connectivity index (χ0n) is 12.6. The minimum atomic E-state index is 0.108. The highest BCUT2D eigenvalue weighted by Crippen LogP contribution is 2.22. The zero-order valence-corrected chi connectivity index (χ0v) is 13.4. The molecule has 0 aliphatic carbocycles. The van der Waals surface area contributed by atoms with Crippen molar-refractivity contribution in [1.82, 2.24) is 20.1 Å². The van der Waals surface area contributed by atoms with Crippen LogP contribution in [-0.2, 0) is 13.1 Å². The van der Waals surface area contributed by atoms with Gasteiger partial charge in [0.15, 0.2) is 0 Å². The fourth-order valence-corrected chi connectivity index (χ4v) is 3.03.